The number of imidazole rings is 1. The molecule has 1 atom stereocenters. The Balaban J connectivity index is 1.91. The van der Waals surface area contributed by atoms with E-state index in [2.05, 4.69) is 10.3 Å². The van der Waals surface area contributed by atoms with Gasteiger partial charge in [-0.15, -0.1) is 0 Å². The number of amides is 1. The van der Waals surface area contributed by atoms with Crippen LogP contribution in [0.4, 0.5) is 0 Å². The van der Waals surface area contributed by atoms with E-state index in [0.717, 1.165) is 11.3 Å². The summed E-state index contributed by atoms with van der Waals surface area (Å²) in [6.45, 7) is 2.41. The number of aliphatic hydroxyl groups is 1. The highest BCUT2D eigenvalue weighted by Gasteiger charge is 2.01. The van der Waals surface area contributed by atoms with E-state index in [0.29, 0.717) is 6.54 Å². The SMILES string of the molecule is CC(CO)CNC(=O)/C=C/c1ccc(-n2ccnc2)cc1. The molecule has 5 heteroatoms. The van der Waals surface area contributed by atoms with Crippen molar-refractivity contribution in [2.45, 2.75) is 6.92 Å². The molecule has 2 N–H and O–H groups in total. The van der Waals surface area contributed by atoms with Crippen LogP contribution in [-0.4, -0.2) is 33.7 Å². The topological polar surface area (TPSA) is 67.2 Å². The molecule has 110 valence electrons. The molecule has 1 unspecified atom stereocenters. The van der Waals surface area contributed by atoms with Crippen molar-refractivity contribution in [1.82, 2.24) is 14.9 Å². The number of carbonyl (C=O) groups is 1. The summed E-state index contributed by atoms with van der Waals surface area (Å²) < 4.78 is 1.91. The van der Waals surface area contributed by atoms with Gasteiger partial charge in [0.2, 0.25) is 5.91 Å². The molecule has 1 aromatic carbocycles. The third-order valence-corrected chi connectivity index (χ3v) is 3.06. The highest BCUT2D eigenvalue weighted by Crippen LogP contribution is 2.10. The lowest BCUT2D eigenvalue weighted by molar-refractivity contribution is -0.116. The van der Waals surface area contributed by atoms with Crippen LogP contribution in [0.2, 0.25) is 0 Å². The summed E-state index contributed by atoms with van der Waals surface area (Å²) in [5.74, 6) is -0.0919. The number of nitrogens with zero attached hydrogens (tertiary/aromatic N) is 2. The third-order valence-electron chi connectivity index (χ3n) is 3.06. The number of nitrogens with one attached hydrogen (secondary N) is 1. The van der Waals surface area contributed by atoms with Gasteiger partial charge in [-0.2, -0.15) is 0 Å². The van der Waals surface area contributed by atoms with Gasteiger partial charge in [-0.3, -0.25) is 4.79 Å². The van der Waals surface area contributed by atoms with E-state index >= 15 is 0 Å². The molecule has 0 fully saturated rings. The second-order valence-corrected chi connectivity index (χ2v) is 4.93. The average molecular weight is 285 g/mol. The quantitative estimate of drug-likeness (QED) is 0.793. The van der Waals surface area contributed by atoms with E-state index in [1.54, 1.807) is 18.6 Å². The molecule has 2 rings (SSSR count). The molecule has 2 aromatic rings. The number of hydrogen-bond acceptors (Lipinski definition) is 3. The second kappa shape index (κ2) is 7.40. The molecule has 0 radical (unpaired) electrons. The Labute approximate surface area is 123 Å². The number of aliphatic hydroxyl groups excluding tert-OH is 1. The molecule has 5 nitrogen and oxygen atoms in total. The molecule has 0 aliphatic heterocycles. The number of aromatic nitrogens is 2. The Morgan fingerprint density at radius 2 is 2.19 bits per heavy atom. The summed E-state index contributed by atoms with van der Waals surface area (Å²) in [7, 11) is 0. The Bertz CT molecular complexity index is 588. The Kier molecular flexibility index (Phi) is 5.29. The van der Waals surface area contributed by atoms with Gasteiger partial charge >= 0.3 is 0 Å². The minimum atomic E-state index is -0.158. The summed E-state index contributed by atoms with van der Waals surface area (Å²) in [4.78, 5) is 15.6. The lowest BCUT2D eigenvalue weighted by atomic mass is 10.2. The van der Waals surface area contributed by atoms with Gasteiger partial charge in [0.25, 0.3) is 0 Å². The number of rotatable bonds is 6. The zero-order valence-corrected chi connectivity index (χ0v) is 11.9. The fourth-order valence-corrected chi connectivity index (χ4v) is 1.74. The fourth-order valence-electron chi connectivity index (χ4n) is 1.74. The lowest BCUT2D eigenvalue weighted by Crippen LogP contribution is -2.27. The minimum Gasteiger partial charge on any atom is -0.396 e. The normalized spacial score (nSPS) is 12.5. The summed E-state index contributed by atoms with van der Waals surface area (Å²) in [6.07, 6.45) is 8.60. The fraction of sp³-hybridized carbons (Fsp3) is 0.250. The van der Waals surface area contributed by atoms with Crippen molar-refractivity contribution in [2.75, 3.05) is 13.2 Å². The molecule has 1 heterocycles. The van der Waals surface area contributed by atoms with Gasteiger partial charge < -0.3 is 15.0 Å². The molecule has 1 amide bonds. The standard InChI is InChI=1S/C16H19N3O2/c1-13(11-20)10-18-16(21)7-4-14-2-5-15(6-3-14)19-9-8-17-12-19/h2-9,12-13,20H,10-11H2,1H3,(H,18,21)/b7-4+. The van der Waals surface area contributed by atoms with E-state index in [1.807, 2.05) is 42.0 Å². The first-order chi connectivity index (χ1) is 10.2. The van der Waals surface area contributed by atoms with E-state index in [4.69, 9.17) is 5.11 Å². The average Bonchev–Trinajstić information content (AvgIpc) is 3.05. The third kappa shape index (κ3) is 4.57. The molecular weight excluding hydrogens is 266 g/mol. The maximum atomic E-state index is 11.6. The summed E-state index contributed by atoms with van der Waals surface area (Å²) in [6, 6.07) is 7.81. The lowest BCUT2D eigenvalue weighted by Gasteiger charge is -2.07. The smallest absolute Gasteiger partial charge is 0.244 e. The predicted molar refractivity (Wildman–Crippen MR) is 81.9 cm³/mol. The van der Waals surface area contributed by atoms with Crippen molar-refractivity contribution in [1.29, 1.82) is 0 Å². The van der Waals surface area contributed by atoms with Crippen LogP contribution >= 0.6 is 0 Å². The molecule has 0 bridgehead atoms. The molecule has 0 aliphatic rings. The summed E-state index contributed by atoms with van der Waals surface area (Å²) in [5.41, 5.74) is 1.97. The van der Waals surface area contributed by atoms with E-state index in [-0.39, 0.29) is 18.4 Å². The van der Waals surface area contributed by atoms with Crippen LogP contribution in [0.1, 0.15) is 12.5 Å². The van der Waals surface area contributed by atoms with Gasteiger partial charge in [-0.1, -0.05) is 19.1 Å². The number of hydrogen-bond donors (Lipinski definition) is 2. The maximum Gasteiger partial charge on any atom is 0.244 e. The molecule has 0 aliphatic carbocycles. The van der Waals surface area contributed by atoms with Crippen molar-refractivity contribution in [3.8, 4) is 5.69 Å². The second-order valence-electron chi connectivity index (χ2n) is 4.93. The van der Waals surface area contributed by atoms with Gasteiger partial charge in [-0.05, 0) is 29.7 Å². The number of carbonyl (C=O) groups excluding carboxylic acids is 1. The molecule has 0 saturated heterocycles. The first kappa shape index (κ1) is 15.0. The van der Waals surface area contributed by atoms with Crippen molar-refractivity contribution >= 4 is 12.0 Å². The highest BCUT2D eigenvalue weighted by atomic mass is 16.3. The molecule has 0 saturated carbocycles. The van der Waals surface area contributed by atoms with E-state index in [1.165, 1.54) is 6.08 Å². The minimum absolute atomic E-state index is 0.0665. The Morgan fingerprint density at radius 1 is 1.43 bits per heavy atom. The van der Waals surface area contributed by atoms with Gasteiger partial charge in [0.05, 0.1) is 6.33 Å². The van der Waals surface area contributed by atoms with Crippen LogP contribution in [-0.2, 0) is 4.79 Å². The van der Waals surface area contributed by atoms with E-state index < -0.39 is 0 Å². The van der Waals surface area contributed by atoms with Gasteiger partial charge in [-0.25, -0.2) is 4.98 Å². The molecule has 1 aromatic heterocycles. The molecular formula is C16H19N3O2. The van der Waals surface area contributed by atoms with Crippen LogP contribution < -0.4 is 5.32 Å². The highest BCUT2D eigenvalue weighted by molar-refractivity contribution is 5.91. The van der Waals surface area contributed by atoms with Crippen molar-refractivity contribution in [2.24, 2.45) is 5.92 Å². The Hall–Kier alpha value is -2.40. The molecule has 0 spiro atoms. The predicted octanol–water partition coefficient (Wildman–Crippen LogP) is 1.63. The zero-order valence-electron chi connectivity index (χ0n) is 11.9. The van der Waals surface area contributed by atoms with Gasteiger partial charge in [0, 0.05) is 37.3 Å². The van der Waals surface area contributed by atoms with Crippen molar-refractivity contribution in [3.05, 3.63) is 54.6 Å². The van der Waals surface area contributed by atoms with Crippen LogP contribution in [0, 0.1) is 5.92 Å². The zero-order chi connectivity index (χ0) is 15.1. The first-order valence-corrected chi connectivity index (χ1v) is 6.84. The monoisotopic (exact) mass is 285 g/mol. The summed E-state index contributed by atoms with van der Waals surface area (Å²) >= 11 is 0. The van der Waals surface area contributed by atoms with Crippen molar-refractivity contribution in [3.63, 3.8) is 0 Å². The molecule has 21 heavy (non-hydrogen) atoms. The summed E-state index contributed by atoms with van der Waals surface area (Å²) in [5, 5.41) is 11.6. The van der Waals surface area contributed by atoms with Crippen LogP contribution in [0.3, 0.4) is 0 Å². The Morgan fingerprint density at radius 3 is 2.81 bits per heavy atom. The first-order valence-electron chi connectivity index (χ1n) is 6.84. The van der Waals surface area contributed by atoms with Crippen LogP contribution in [0.5, 0.6) is 0 Å². The maximum absolute atomic E-state index is 11.6. The van der Waals surface area contributed by atoms with Crippen molar-refractivity contribution < 1.29 is 9.90 Å². The van der Waals surface area contributed by atoms with Gasteiger partial charge in [0.1, 0.15) is 0 Å². The van der Waals surface area contributed by atoms with E-state index in [9.17, 15) is 4.79 Å². The van der Waals surface area contributed by atoms with Gasteiger partial charge in [0.15, 0.2) is 0 Å². The van der Waals surface area contributed by atoms with Crippen LogP contribution in [0.15, 0.2) is 49.1 Å². The number of benzene rings is 1. The van der Waals surface area contributed by atoms with Crippen LogP contribution in [0.25, 0.3) is 11.8 Å². The largest absolute Gasteiger partial charge is 0.396 e.